The van der Waals surface area contributed by atoms with Crippen LogP contribution in [0.15, 0.2) is 23.5 Å². The van der Waals surface area contributed by atoms with E-state index in [0.29, 0.717) is 0 Å². The fraction of sp³-hybridized carbons (Fsp3) is 0.550. The van der Waals surface area contributed by atoms with E-state index >= 15 is 0 Å². The summed E-state index contributed by atoms with van der Waals surface area (Å²) in [6.45, 7) is 12.2. The van der Waals surface area contributed by atoms with Crippen LogP contribution < -0.4 is 10.6 Å². The molecule has 2 rings (SSSR count). The van der Waals surface area contributed by atoms with Crippen molar-refractivity contribution in [3.05, 3.63) is 46.5 Å². The van der Waals surface area contributed by atoms with Crippen molar-refractivity contribution in [3.63, 3.8) is 0 Å². The Bertz CT molecular complexity index is 753. The molecule has 6 nitrogen and oxygen atoms in total. The van der Waals surface area contributed by atoms with Crippen LogP contribution in [0.5, 0.6) is 0 Å². The fourth-order valence-corrected chi connectivity index (χ4v) is 3.09. The van der Waals surface area contributed by atoms with Gasteiger partial charge in [0, 0.05) is 44.3 Å². The molecule has 0 aliphatic heterocycles. The molecule has 0 aliphatic rings. The van der Waals surface area contributed by atoms with Crippen molar-refractivity contribution in [1.82, 2.24) is 25.4 Å². The van der Waals surface area contributed by atoms with Crippen LogP contribution in [0.25, 0.3) is 0 Å². The van der Waals surface area contributed by atoms with Gasteiger partial charge in [0.15, 0.2) is 5.96 Å². The minimum Gasteiger partial charge on any atom is -0.357 e. The first-order chi connectivity index (χ1) is 12.4. The average Bonchev–Trinajstić information content (AvgIpc) is 2.83. The highest BCUT2D eigenvalue weighted by Gasteiger charge is 2.14. The molecular formula is C20H33IN6. The molecule has 7 heteroatoms. The smallest absolute Gasteiger partial charge is 0.191 e. The number of nitrogens with one attached hydrogen (secondary N) is 2. The number of hydrogen-bond donors (Lipinski definition) is 2. The van der Waals surface area contributed by atoms with Gasteiger partial charge < -0.3 is 10.6 Å². The first-order valence-corrected chi connectivity index (χ1v) is 9.35. The molecule has 0 radical (unpaired) electrons. The zero-order valence-electron chi connectivity index (χ0n) is 17.3. The third kappa shape index (κ3) is 6.79. The Balaban J connectivity index is 0.00000364. The number of aryl methyl sites for hydroxylation is 3. The largest absolute Gasteiger partial charge is 0.357 e. The summed E-state index contributed by atoms with van der Waals surface area (Å²) in [6, 6.07) is 2.35. The number of aromatic nitrogens is 3. The van der Waals surface area contributed by atoms with E-state index in [1.54, 1.807) is 0 Å². The van der Waals surface area contributed by atoms with Crippen LogP contribution in [0.2, 0.25) is 0 Å². The molecule has 150 valence electrons. The van der Waals surface area contributed by atoms with Gasteiger partial charge >= 0.3 is 0 Å². The standard InChI is InChI=1S/C20H32N6.HI/c1-7-22-20(23-11-9-18-8-10-21-13-14(18)2)24-15(3)12-19-16(4)25-26(6)17(19)5;/h8,10,13,15H,7,9,11-12H2,1-6H3,(H2,22,23,24);1H. The lowest BCUT2D eigenvalue weighted by atomic mass is 10.1. The molecule has 0 saturated carbocycles. The molecule has 1 atom stereocenters. The summed E-state index contributed by atoms with van der Waals surface area (Å²) in [5.74, 6) is 0.867. The predicted molar refractivity (Wildman–Crippen MR) is 123 cm³/mol. The van der Waals surface area contributed by atoms with E-state index in [-0.39, 0.29) is 30.0 Å². The van der Waals surface area contributed by atoms with Gasteiger partial charge in [-0.25, -0.2) is 0 Å². The second kappa shape index (κ2) is 11.3. The van der Waals surface area contributed by atoms with Crippen LogP contribution >= 0.6 is 24.0 Å². The quantitative estimate of drug-likeness (QED) is 0.360. The Morgan fingerprint density at radius 2 is 2.04 bits per heavy atom. The summed E-state index contributed by atoms with van der Waals surface area (Å²) >= 11 is 0. The maximum Gasteiger partial charge on any atom is 0.191 e. The van der Waals surface area contributed by atoms with Gasteiger partial charge in [0.05, 0.1) is 5.69 Å². The van der Waals surface area contributed by atoms with E-state index in [0.717, 1.165) is 37.6 Å². The van der Waals surface area contributed by atoms with Crippen molar-refractivity contribution >= 4 is 29.9 Å². The Hall–Kier alpha value is -1.64. The fourth-order valence-electron chi connectivity index (χ4n) is 3.09. The molecule has 0 saturated heterocycles. The number of hydrogen-bond acceptors (Lipinski definition) is 3. The second-order valence-corrected chi connectivity index (χ2v) is 6.84. The predicted octanol–water partition coefficient (Wildman–Crippen LogP) is 3.09. The first-order valence-electron chi connectivity index (χ1n) is 9.35. The molecular weight excluding hydrogens is 451 g/mol. The summed E-state index contributed by atoms with van der Waals surface area (Å²) in [6.07, 6.45) is 5.60. The van der Waals surface area contributed by atoms with Gasteiger partial charge in [0.1, 0.15) is 0 Å². The molecule has 2 N–H and O–H groups in total. The highest BCUT2D eigenvalue weighted by atomic mass is 127. The summed E-state index contributed by atoms with van der Waals surface area (Å²) in [7, 11) is 2.00. The van der Waals surface area contributed by atoms with Gasteiger partial charge in [0.25, 0.3) is 0 Å². The molecule has 0 aliphatic carbocycles. The van der Waals surface area contributed by atoms with E-state index in [2.05, 4.69) is 61.4 Å². The van der Waals surface area contributed by atoms with Crippen molar-refractivity contribution in [2.75, 3.05) is 13.1 Å². The maximum atomic E-state index is 4.73. The lowest BCUT2D eigenvalue weighted by Crippen LogP contribution is -2.43. The summed E-state index contributed by atoms with van der Waals surface area (Å²) in [5, 5.41) is 11.4. The third-order valence-electron chi connectivity index (χ3n) is 4.68. The first kappa shape index (κ1) is 23.4. The third-order valence-corrected chi connectivity index (χ3v) is 4.68. The van der Waals surface area contributed by atoms with Gasteiger partial charge in [-0.05, 0) is 70.2 Å². The molecule has 0 aromatic carbocycles. The maximum absolute atomic E-state index is 4.73. The monoisotopic (exact) mass is 484 g/mol. The van der Waals surface area contributed by atoms with Crippen LogP contribution in [0, 0.1) is 20.8 Å². The van der Waals surface area contributed by atoms with Gasteiger partial charge in [-0.2, -0.15) is 5.10 Å². The lowest BCUT2D eigenvalue weighted by Gasteiger charge is -2.18. The highest BCUT2D eigenvalue weighted by molar-refractivity contribution is 14.0. The van der Waals surface area contributed by atoms with Crippen LogP contribution in [0.4, 0.5) is 0 Å². The molecule has 0 bridgehead atoms. The molecule has 2 aromatic rings. The highest BCUT2D eigenvalue weighted by Crippen LogP contribution is 2.14. The topological polar surface area (TPSA) is 67.1 Å². The Labute approximate surface area is 180 Å². The number of aliphatic imine (C=N–C) groups is 1. The number of rotatable bonds is 7. The molecule has 2 aromatic heterocycles. The Kier molecular flexibility index (Phi) is 9.76. The molecule has 0 spiro atoms. The van der Waals surface area contributed by atoms with E-state index in [4.69, 9.17) is 4.99 Å². The molecule has 0 amide bonds. The van der Waals surface area contributed by atoms with Gasteiger partial charge in [-0.3, -0.25) is 14.7 Å². The van der Waals surface area contributed by atoms with Crippen molar-refractivity contribution in [3.8, 4) is 0 Å². The van der Waals surface area contributed by atoms with E-state index in [1.807, 2.05) is 24.1 Å². The molecule has 0 fully saturated rings. The lowest BCUT2D eigenvalue weighted by molar-refractivity contribution is 0.635. The van der Waals surface area contributed by atoms with Crippen molar-refractivity contribution in [1.29, 1.82) is 0 Å². The summed E-state index contributed by atoms with van der Waals surface area (Å²) in [4.78, 5) is 8.88. The normalized spacial score (nSPS) is 12.4. The van der Waals surface area contributed by atoms with Crippen molar-refractivity contribution in [2.24, 2.45) is 12.0 Å². The average molecular weight is 484 g/mol. The van der Waals surface area contributed by atoms with Crippen LogP contribution in [0.3, 0.4) is 0 Å². The molecule has 2 heterocycles. The molecule has 27 heavy (non-hydrogen) atoms. The van der Waals surface area contributed by atoms with Crippen molar-refractivity contribution < 1.29 is 0 Å². The van der Waals surface area contributed by atoms with E-state index in [9.17, 15) is 0 Å². The molecule has 1 unspecified atom stereocenters. The second-order valence-electron chi connectivity index (χ2n) is 6.84. The number of guanidine groups is 1. The van der Waals surface area contributed by atoms with E-state index in [1.165, 1.54) is 22.4 Å². The van der Waals surface area contributed by atoms with E-state index < -0.39 is 0 Å². The minimum absolute atomic E-state index is 0. The summed E-state index contributed by atoms with van der Waals surface area (Å²) < 4.78 is 1.95. The van der Waals surface area contributed by atoms with Crippen LogP contribution in [0.1, 0.15) is 41.9 Å². The summed E-state index contributed by atoms with van der Waals surface area (Å²) in [5.41, 5.74) is 6.17. The Morgan fingerprint density at radius 3 is 2.63 bits per heavy atom. The number of halogens is 1. The van der Waals surface area contributed by atoms with Crippen LogP contribution in [-0.4, -0.2) is 39.9 Å². The zero-order valence-corrected chi connectivity index (χ0v) is 19.7. The SMILES string of the molecule is CCNC(=NCCc1ccncc1C)NC(C)Cc1c(C)nn(C)c1C.I. The van der Waals surface area contributed by atoms with Gasteiger partial charge in [-0.1, -0.05) is 0 Å². The Morgan fingerprint density at radius 1 is 1.30 bits per heavy atom. The zero-order chi connectivity index (χ0) is 19.1. The van der Waals surface area contributed by atoms with Gasteiger partial charge in [0.2, 0.25) is 0 Å². The number of pyridine rings is 1. The van der Waals surface area contributed by atoms with Crippen LogP contribution in [-0.2, 0) is 19.9 Å². The van der Waals surface area contributed by atoms with Crippen molar-refractivity contribution in [2.45, 2.75) is 53.5 Å². The van der Waals surface area contributed by atoms with Gasteiger partial charge in [-0.15, -0.1) is 24.0 Å². The number of nitrogens with zero attached hydrogens (tertiary/aromatic N) is 4. The minimum atomic E-state index is 0.